The molecule has 2 fully saturated rings. The Hall–Kier alpha value is -0.0800. The maximum absolute atomic E-state index is 8.92. The molecule has 1 spiro atoms. The van der Waals surface area contributed by atoms with Crippen LogP contribution in [0.2, 0.25) is 0 Å². The molecule has 2 rings (SSSR count). The number of hydrogen-bond donors (Lipinski definition) is 1. The van der Waals surface area contributed by atoms with Gasteiger partial charge in [0.25, 0.3) is 0 Å². The van der Waals surface area contributed by atoms with Crippen molar-refractivity contribution in [1.29, 1.82) is 0 Å². The third kappa shape index (κ3) is 1.30. The summed E-state index contributed by atoms with van der Waals surface area (Å²) in [6.07, 6.45) is 7.43. The van der Waals surface area contributed by atoms with Crippen molar-refractivity contribution >= 4 is 0 Å². The highest BCUT2D eigenvalue weighted by atomic mass is 16.5. The quantitative estimate of drug-likeness (QED) is 0.623. The highest BCUT2D eigenvalue weighted by Crippen LogP contribution is 2.43. The molecule has 0 amide bonds. The summed E-state index contributed by atoms with van der Waals surface area (Å²) in [7, 11) is 0. The Kier molecular flexibility index (Phi) is 1.90. The maximum atomic E-state index is 8.92. The van der Waals surface area contributed by atoms with E-state index in [2.05, 4.69) is 0 Å². The van der Waals surface area contributed by atoms with Crippen LogP contribution in [-0.4, -0.2) is 23.4 Å². The zero-order chi connectivity index (χ0) is 7.73. The lowest BCUT2D eigenvalue weighted by Gasteiger charge is -2.47. The fraction of sp³-hybridized carbons (Fsp3) is 1.00. The van der Waals surface area contributed by atoms with Crippen molar-refractivity contribution in [2.45, 2.75) is 50.2 Å². The van der Waals surface area contributed by atoms with E-state index >= 15 is 0 Å². The van der Waals surface area contributed by atoms with Crippen molar-refractivity contribution in [1.82, 2.24) is 0 Å². The fourth-order valence-corrected chi connectivity index (χ4v) is 2.19. The Balaban J connectivity index is 1.92. The first kappa shape index (κ1) is 7.56. The fourth-order valence-electron chi connectivity index (χ4n) is 2.19. The summed E-state index contributed by atoms with van der Waals surface area (Å²) in [5.74, 6) is 0. The van der Waals surface area contributed by atoms with Gasteiger partial charge in [-0.3, -0.25) is 0 Å². The van der Waals surface area contributed by atoms with Crippen LogP contribution in [0.3, 0.4) is 0 Å². The smallest absolute Gasteiger partial charge is 0.0813 e. The SMILES string of the molecule is OCC1CCCC2(CCC2)O1. The van der Waals surface area contributed by atoms with Crippen molar-refractivity contribution in [3.05, 3.63) is 0 Å². The Morgan fingerprint density at radius 1 is 1.27 bits per heavy atom. The highest BCUT2D eigenvalue weighted by Gasteiger charge is 2.41. The maximum Gasteiger partial charge on any atom is 0.0813 e. The minimum absolute atomic E-state index is 0.143. The summed E-state index contributed by atoms with van der Waals surface area (Å²) in [5.41, 5.74) is 0.214. The summed E-state index contributed by atoms with van der Waals surface area (Å²) in [5, 5.41) is 8.92. The van der Waals surface area contributed by atoms with Gasteiger partial charge in [0.05, 0.1) is 18.3 Å². The van der Waals surface area contributed by atoms with Crippen LogP contribution in [0.15, 0.2) is 0 Å². The van der Waals surface area contributed by atoms with Crippen molar-refractivity contribution in [3.63, 3.8) is 0 Å². The molecule has 0 aromatic heterocycles. The number of rotatable bonds is 1. The lowest BCUT2D eigenvalue weighted by atomic mass is 9.74. The Morgan fingerprint density at radius 2 is 2.00 bits per heavy atom. The second kappa shape index (κ2) is 2.76. The van der Waals surface area contributed by atoms with E-state index in [0.717, 1.165) is 6.42 Å². The molecule has 0 aromatic rings. The summed E-state index contributed by atoms with van der Waals surface area (Å²) in [6.45, 7) is 0.210. The van der Waals surface area contributed by atoms with E-state index in [0.29, 0.717) is 0 Å². The number of hydrogen-bond acceptors (Lipinski definition) is 2. The van der Waals surface area contributed by atoms with Gasteiger partial charge in [-0.2, -0.15) is 0 Å². The van der Waals surface area contributed by atoms with E-state index in [1.165, 1.54) is 32.1 Å². The van der Waals surface area contributed by atoms with Crippen LogP contribution < -0.4 is 0 Å². The lowest BCUT2D eigenvalue weighted by Crippen LogP contribution is -2.47. The van der Waals surface area contributed by atoms with Gasteiger partial charge in [0.1, 0.15) is 0 Å². The van der Waals surface area contributed by atoms with Crippen molar-refractivity contribution < 1.29 is 9.84 Å². The second-order valence-corrected chi connectivity index (χ2v) is 3.85. The molecule has 0 radical (unpaired) electrons. The molecule has 1 saturated carbocycles. The van der Waals surface area contributed by atoms with Crippen LogP contribution in [0.5, 0.6) is 0 Å². The molecule has 2 nitrogen and oxygen atoms in total. The summed E-state index contributed by atoms with van der Waals surface area (Å²) < 4.78 is 5.81. The summed E-state index contributed by atoms with van der Waals surface area (Å²) in [4.78, 5) is 0. The van der Waals surface area contributed by atoms with E-state index in [1.807, 2.05) is 0 Å². The number of ether oxygens (including phenoxy) is 1. The Labute approximate surface area is 67.6 Å². The molecule has 2 heteroatoms. The molecule has 1 aliphatic carbocycles. The molecule has 1 N–H and O–H groups in total. The highest BCUT2D eigenvalue weighted by molar-refractivity contribution is 4.93. The van der Waals surface area contributed by atoms with Crippen LogP contribution >= 0.6 is 0 Å². The van der Waals surface area contributed by atoms with Crippen molar-refractivity contribution in [2.24, 2.45) is 0 Å². The van der Waals surface area contributed by atoms with Crippen LogP contribution in [0.25, 0.3) is 0 Å². The van der Waals surface area contributed by atoms with Gasteiger partial charge >= 0.3 is 0 Å². The van der Waals surface area contributed by atoms with Gasteiger partial charge in [-0.1, -0.05) is 0 Å². The predicted molar refractivity (Wildman–Crippen MR) is 42.4 cm³/mol. The van der Waals surface area contributed by atoms with Crippen molar-refractivity contribution in [3.8, 4) is 0 Å². The van der Waals surface area contributed by atoms with Gasteiger partial charge in [0.2, 0.25) is 0 Å². The molecule has 0 aromatic carbocycles. The van der Waals surface area contributed by atoms with Crippen LogP contribution in [0.1, 0.15) is 38.5 Å². The van der Waals surface area contributed by atoms with Gasteiger partial charge in [0, 0.05) is 0 Å². The average Bonchev–Trinajstić information content (AvgIpc) is 2.02. The van der Waals surface area contributed by atoms with E-state index < -0.39 is 0 Å². The van der Waals surface area contributed by atoms with Gasteiger partial charge in [0.15, 0.2) is 0 Å². The molecule has 1 saturated heterocycles. The molecular formula is C9H16O2. The Morgan fingerprint density at radius 3 is 2.55 bits per heavy atom. The normalized spacial score (nSPS) is 35.2. The monoisotopic (exact) mass is 156 g/mol. The van der Waals surface area contributed by atoms with Crippen LogP contribution in [0.4, 0.5) is 0 Å². The van der Waals surface area contributed by atoms with E-state index in [-0.39, 0.29) is 18.3 Å². The minimum atomic E-state index is 0.143. The molecule has 1 aliphatic heterocycles. The van der Waals surface area contributed by atoms with Gasteiger partial charge in [-0.25, -0.2) is 0 Å². The van der Waals surface area contributed by atoms with Gasteiger partial charge < -0.3 is 9.84 Å². The van der Waals surface area contributed by atoms with Gasteiger partial charge in [-0.05, 0) is 38.5 Å². The first-order chi connectivity index (χ1) is 5.35. The lowest BCUT2D eigenvalue weighted by molar-refractivity contribution is -0.178. The number of aliphatic hydroxyl groups excluding tert-OH is 1. The standard InChI is InChI=1S/C9H16O2/c10-7-8-3-1-4-9(11-8)5-2-6-9/h8,10H,1-7H2. The zero-order valence-corrected chi connectivity index (χ0v) is 6.88. The largest absolute Gasteiger partial charge is 0.394 e. The molecular weight excluding hydrogens is 140 g/mol. The van der Waals surface area contributed by atoms with E-state index in [9.17, 15) is 0 Å². The molecule has 64 valence electrons. The topological polar surface area (TPSA) is 29.5 Å². The van der Waals surface area contributed by atoms with Gasteiger partial charge in [-0.15, -0.1) is 0 Å². The zero-order valence-electron chi connectivity index (χ0n) is 6.88. The molecule has 1 unspecified atom stereocenters. The molecule has 1 atom stereocenters. The van der Waals surface area contributed by atoms with Crippen LogP contribution in [-0.2, 0) is 4.74 Å². The Bertz CT molecular complexity index is 140. The first-order valence-corrected chi connectivity index (χ1v) is 4.63. The summed E-state index contributed by atoms with van der Waals surface area (Å²) >= 11 is 0. The van der Waals surface area contributed by atoms with Crippen molar-refractivity contribution in [2.75, 3.05) is 6.61 Å². The third-order valence-corrected chi connectivity index (χ3v) is 3.04. The van der Waals surface area contributed by atoms with E-state index in [4.69, 9.17) is 9.84 Å². The minimum Gasteiger partial charge on any atom is -0.394 e. The molecule has 0 bridgehead atoms. The third-order valence-electron chi connectivity index (χ3n) is 3.04. The average molecular weight is 156 g/mol. The van der Waals surface area contributed by atoms with Crippen LogP contribution in [0, 0.1) is 0 Å². The molecule has 1 heterocycles. The first-order valence-electron chi connectivity index (χ1n) is 4.63. The molecule has 2 aliphatic rings. The second-order valence-electron chi connectivity index (χ2n) is 3.85. The predicted octanol–water partition coefficient (Wildman–Crippen LogP) is 1.47. The van der Waals surface area contributed by atoms with E-state index in [1.54, 1.807) is 0 Å². The molecule has 11 heavy (non-hydrogen) atoms. The number of aliphatic hydroxyl groups is 1. The summed E-state index contributed by atoms with van der Waals surface area (Å²) in [6, 6.07) is 0.